The number of aliphatic hydroxyl groups excluding tert-OH is 1. The highest BCUT2D eigenvalue weighted by molar-refractivity contribution is 7.47. The van der Waals surface area contributed by atoms with Gasteiger partial charge in [-0.15, -0.1) is 0 Å². The molecule has 0 aliphatic carbocycles. The van der Waals surface area contributed by atoms with Gasteiger partial charge in [-0.2, -0.15) is 0 Å². The fourth-order valence-corrected chi connectivity index (χ4v) is 9.75. The first-order valence-corrected chi connectivity index (χ1v) is 32.6. The van der Waals surface area contributed by atoms with Gasteiger partial charge in [-0.25, -0.2) is 9.13 Å². The number of unbranched alkanes of at least 4 members (excludes halogenated alkanes) is 28. The van der Waals surface area contributed by atoms with Crippen LogP contribution in [0.25, 0.3) is 0 Å². The maximum absolute atomic E-state index is 12.9. The van der Waals surface area contributed by atoms with Gasteiger partial charge in [0.25, 0.3) is 0 Å². The van der Waals surface area contributed by atoms with E-state index in [4.69, 9.17) is 37.0 Å². The third-order valence-electron chi connectivity index (χ3n) is 12.8. The van der Waals surface area contributed by atoms with E-state index in [1.54, 1.807) is 0 Å². The number of carbonyl (C=O) groups is 4. The zero-order valence-corrected chi connectivity index (χ0v) is 49.5. The fourth-order valence-electron chi connectivity index (χ4n) is 8.17. The normalized spacial score (nSPS) is 14.5. The van der Waals surface area contributed by atoms with Crippen LogP contribution in [0, 0.1) is 5.92 Å². The largest absolute Gasteiger partial charge is 0.472 e. The van der Waals surface area contributed by atoms with Crippen LogP contribution in [0.3, 0.4) is 0 Å². The zero-order valence-electron chi connectivity index (χ0n) is 47.7. The fraction of sp³-hybridized carbons (Fsp3) is 0.929. The minimum Gasteiger partial charge on any atom is -0.462 e. The SMILES string of the molecule is CCCCCCCCCCCCCCC(=O)O[C@H](COC(=O)CCCCCCCCC(C)C)COP(=O)(O)OC[C@@H](O)COP(=O)(O)OC[C@@H](COC(=O)CCCCCCC)OC(=O)CCCCCCCCCCC. The Morgan fingerprint density at radius 1 is 0.360 bits per heavy atom. The van der Waals surface area contributed by atoms with Gasteiger partial charge < -0.3 is 33.8 Å². The van der Waals surface area contributed by atoms with Crippen molar-refractivity contribution in [3.8, 4) is 0 Å². The highest BCUT2D eigenvalue weighted by atomic mass is 31.2. The third kappa shape index (κ3) is 51.3. The van der Waals surface area contributed by atoms with Crippen molar-refractivity contribution in [1.29, 1.82) is 0 Å². The lowest BCUT2D eigenvalue weighted by Crippen LogP contribution is -2.30. The molecule has 0 aliphatic heterocycles. The summed E-state index contributed by atoms with van der Waals surface area (Å²) < 4.78 is 67.4. The van der Waals surface area contributed by atoms with Crippen molar-refractivity contribution < 1.29 is 80.2 Å². The smallest absolute Gasteiger partial charge is 0.462 e. The minimum atomic E-state index is -4.93. The van der Waals surface area contributed by atoms with E-state index >= 15 is 0 Å². The van der Waals surface area contributed by atoms with Crippen LogP contribution in [0.1, 0.15) is 272 Å². The highest BCUT2D eigenvalue weighted by Gasteiger charge is 2.30. The lowest BCUT2D eigenvalue weighted by molar-refractivity contribution is -0.161. The van der Waals surface area contributed by atoms with Crippen molar-refractivity contribution in [2.24, 2.45) is 5.92 Å². The minimum absolute atomic E-state index is 0.105. The second-order valence-electron chi connectivity index (χ2n) is 20.8. The molecule has 0 radical (unpaired) electrons. The van der Waals surface area contributed by atoms with Gasteiger partial charge in [-0.3, -0.25) is 37.3 Å². The Hall–Kier alpha value is -1.94. The van der Waals surface area contributed by atoms with Crippen molar-refractivity contribution >= 4 is 39.5 Å². The zero-order chi connectivity index (χ0) is 55.7. The molecule has 0 aromatic heterocycles. The summed E-state index contributed by atoms with van der Waals surface area (Å²) in [5.74, 6) is -1.48. The van der Waals surface area contributed by atoms with Gasteiger partial charge in [0.15, 0.2) is 12.2 Å². The summed E-state index contributed by atoms with van der Waals surface area (Å²) in [5, 5.41) is 10.5. The second-order valence-corrected chi connectivity index (χ2v) is 23.7. The quantitative estimate of drug-likeness (QED) is 0.0222. The van der Waals surface area contributed by atoms with Crippen molar-refractivity contribution in [2.75, 3.05) is 39.6 Å². The van der Waals surface area contributed by atoms with E-state index in [2.05, 4.69) is 34.6 Å². The highest BCUT2D eigenvalue weighted by Crippen LogP contribution is 2.45. The summed E-state index contributed by atoms with van der Waals surface area (Å²) in [5.41, 5.74) is 0. The van der Waals surface area contributed by atoms with Crippen LogP contribution in [-0.4, -0.2) is 96.7 Å². The van der Waals surface area contributed by atoms with Gasteiger partial charge in [0.2, 0.25) is 0 Å². The Bertz CT molecular complexity index is 1480. The molecule has 0 fully saturated rings. The number of phosphoric ester groups is 2. The number of aliphatic hydroxyl groups is 1. The number of hydrogen-bond donors (Lipinski definition) is 3. The van der Waals surface area contributed by atoms with E-state index in [-0.39, 0.29) is 25.7 Å². The Kier molecular flexibility index (Phi) is 49.0. The van der Waals surface area contributed by atoms with Crippen LogP contribution >= 0.6 is 15.6 Å². The number of hydrogen-bond acceptors (Lipinski definition) is 15. The van der Waals surface area contributed by atoms with Gasteiger partial charge in [-0.1, -0.05) is 221 Å². The summed E-state index contributed by atoms with van der Waals surface area (Å²) in [4.78, 5) is 71.5. The van der Waals surface area contributed by atoms with Crippen molar-refractivity contribution in [2.45, 2.75) is 291 Å². The molecule has 75 heavy (non-hydrogen) atoms. The molecule has 444 valence electrons. The summed E-state index contributed by atoms with van der Waals surface area (Å²) in [6, 6.07) is 0. The molecule has 0 spiro atoms. The van der Waals surface area contributed by atoms with Crippen molar-refractivity contribution in [3.63, 3.8) is 0 Å². The first-order valence-electron chi connectivity index (χ1n) is 29.6. The standard InChI is InChI=1S/C56H108O17P2/c1-6-9-12-15-17-19-20-21-23-25-32-37-42-56(61)73-52(46-67-54(59)40-35-30-27-26-29-33-38-49(4)5)48-71-75(64,65)69-44-50(57)43-68-74(62,63)70-47-51(45-66-53(58)39-34-28-14-11-8-3)72-55(60)41-36-31-24-22-18-16-13-10-7-2/h49-52,57H,6-48H2,1-5H3,(H,62,63)(H,64,65)/t50-,51+,52+/m0/s1. The van der Waals surface area contributed by atoms with E-state index < -0.39 is 97.5 Å². The van der Waals surface area contributed by atoms with Gasteiger partial charge >= 0.3 is 39.5 Å². The average Bonchev–Trinajstić information content (AvgIpc) is 3.37. The summed E-state index contributed by atoms with van der Waals surface area (Å²) in [6.45, 7) is 6.94. The van der Waals surface area contributed by atoms with Crippen LogP contribution in [0.15, 0.2) is 0 Å². The number of rotatable bonds is 56. The van der Waals surface area contributed by atoms with Gasteiger partial charge in [0.1, 0.15) is 19.3 Å². The van der Waals surface area contributed by atoms with Crippen LogP contribution < -0.4 is 0 Å². The van der Waals surface area contributed by atoms with Crippen LogP contribution in [-0.2, 0) is 65.4 Å². The lowest BCUT2D eigenvalue weighted by Gasteiger charge is -2.21. The Labute approximate surface area is 454 Å². The third-order valence-corrected chi connectivity index (χ3v) is 14.7. The molecule has 0 aromatic rings. The van der Waals surface area contributed by atoms with Crippen LogP contribution in [0.2, 0.25) is 0 Å². The maximum Gasteiger partial charge on any atom is 0.472 e. The molecular weight excluding hydrogens is 1010 g/mol. The van der Waals surface area contributed by atoms with Gasteiger partial charge in [0.05, 0.1) is 26.4 Å². The molecule has 0 saturated carbocycles. The van der Waals surface area contributed by atoms with Crippen LogP contribution in [0.4, 0.5) is 0 Å². The van der Waals surface area contributed by atoms with Gasteiger partial charge in [0, 0.05) is 25.7 Å². The molecule has 0 rings (SSSR count). The average molecular weight is 1120 g/mol. The van der Waals surface area contributed by atoms with E-state index in [9.17, 15) is 43.2 Å². The van der Waals surface area contributed by atoms with Crippen molar-refractivity contribution in [3.05, 3.63) is 0 Å². The monoisotopic (exact) mass is 1110 g/mol. The summed E-state index contributed by atoms with van der Waals surface area (Å²) in [6.07, 6.45) is 31.2. The molecule has 3 N–H and O–H groups in total. The van der Waals surface area contributed by atoms with Crippen molar-refractivity contribution in [1.82, 2.24) is 0 Å². The predicted octanol–water partition coefficient (Wildman–Crippen LogP) is 14.7. The van der Waals surface area contributed by atoms with Crippen LogP contribution in [0.5, 0.6) is 0 Å². The molecular formula is C56H108O17P2. The van der Waals surface area contributed by atoms with E-state index in [0.29, 0.717) is 31.6 Å². The molecule has 0 saturated heterocycles. The number of ether oxygens (including phenoxy) is 4. The molecule has 2 unspecified atom stereocenters. The Balaban J connectivity index is 5.18. The summed E-state index contributed by atoms with van der Waals surface area (Å²) in [7, 11) is -9.86. The van der Waals surface area contributed by atoms with E-state index in [1.807, 2.05) is 0 Å². The molecule has 0 heterocycles. The molecule has 0 amide bonds. The molecule has 0 aromatic carbocycles. The molecule has 0 aliphatic rings. The first-order chi connectivity index (χ1) is 36.0. The van der Waals surface area contributed by atoms with Gasteiger partial charge in [-0.05, 0) is 31.6 Å². The molecule has 5 atom stereocenters. The number of esters is 4. The Morgan fingerprint density at radius 2 is 0.613 bits per heavy atom. The molecule has 0 bridgehead atoms. The topological polar surface area (TPSA) is 237 Å². The number of carbonyl (C=O) groups excluding carboxylic acids is 4. The number of phosphoric acid groups is 2. The second kappa shape index (κ2) is 50.3. The predicted molar refractivity (Wildman–Crippen MR) is 294 cm³/mol. The lowest BCUT2D eigenvalue weighted by atomic mass is 10.0. The van der Waals surface area contributed by atoms with E-state index in [1.165, 1.54) is 83.5 Å². The molecule has 17 nitrogen and oxygen atoms in total. The maximum atomic E-state index is 12.9. The van der Waals surface area contributed by atoms with E-state index in [0.717, 1.165) is 103 Å². The first kappa shape index (κ1) is 73.1. The molecule has 19 heteroatoms. The Morgan fingerprint density at radius 3 is 0.907 bits per heavy atom. The summed E-state index contributed by atoms with van der Waals surface area (Å²) >= 11 is 0.